The molecule has 0 aliphatic carbocycles. The molecule has 0 unspecified atom stereocenters. The van der Waals surface area contributed by atoms with Crippen LogP contribution in [0.3, 0.4) is 0 Å². The lowest BCUT2D eigenvalue weighted by Crippen LogP contribution is -2.11. The molecule has 1 N–H and O–H groups in total. The molecular weight excluding hydrogens is 276 g/mol. The molecule has 4 rings (SSSR count). The molecule has 2 aromatic heterocycles. The maximum Gasteiger partial charge on any atom is 0.295 e. The van der Waals surface area contributed by atoms with E-state index in [-0.39, 0.29) is 0 Å². The molecule has 22 heavy (non-hydrogen) atoms. The van der Waals surface area contributed by atoms with E-state index in [2.05, 4.69) is 25.9 Å². The number of para-hydroxylation sites is 4. The SMILES string of the molecule is Cc1nc2ccccc2n1CCNc1nc2ccccc2o1. The lowest BCUT2D eigenvalue weighted by molar-refractivity contribution is 0.606. The van der Waals surface area contributed by atoms with Gasteiger partial charge in [-0.25, -0.2) is 4.98 Å². The number of nitrogens with one attached hydrogen (secondary N) is 1. The molecule has 4 aromatic rings. The lowest BCUT2D eigenvalue weighted by atomic mass is 10.3. The van der Waals surface area contributed by atoms with Gasteiger partial charge in [-0.1, -0.05) is 24.3 Å². The van der Waals surface area contributed by atoms with Gasteiger partial charge in [0.25, 0.3) is 6.01 Å². The van der Waals surface area contributed by atoms with E-state index in [1.807, 2.05) is 49.4 Å². The summed E-state index contributed by atoms with van der Waals surface area (Å²) in [5.41, 5.74) is 3.85. The van der Waals surface area contributed by atoms with Gasteiger partial charge in [0, 0.05) is 13.1 Å². The predicted molar refractivity (Wildman–Crippen MR) is 87.0 cm³/mol. The van der Waals surface area contributed by atoms with Crippen molar-refractivity contribution in [1.82, 2.24) is 14.5 Å². The molecule has 0 atom stereocenters. The monoisotopic (exact) mass is 292 g/mol. The minimum Gasteiger partial charge on any atom is -0.424 e. The fourth-order valence-electron chi connectivity index (χ4n) is 2.70. The van der Waals surface area contributed by atoms with E-state index in [9.17, 15) is 0 Å². The van der Waals surface area contributed by atoms with Gasteiger partial charge < -0.3 is 14.3 Å². The van der Waals surface area contributed by atoms with Crippen LogP contribution < -0.4 is 5.32 Å². The number of aromatic nitrogens is 3. The Hall–Kier alpha value is -2.82. The van der Waals surface area contributed by atoms with Crippen molar-refractivity contribution in [3.63, 3.8) is 0 Å². The molecule has 5 heteroatoms. The summed E-state index contributed by atoms with van der Waals surface area (Å²) < 4.78 is 7.86. The van der Waals surface area contributed by atoms with E-state index in [0.29, 0.717) is 6.01 Å². The molecule has 2 aromatic carbocycles. The van der Waals surface area contributed by atoms with Crippen LogP contribution in [0.15, 0.2) is 52.9 Å². The fourth-order valence-corrected chi connectivity index (χ4v) is 2.70. The zero-order valence-electron chi connectivity index (χ0n) is 12.3. The summed E-state index contributed by atoms with van der Waals surface area (Å²) in [5.74, 6) is 1.01. The van der Waals surface area contributed by atoms with Crippen LogP contribution in [0.25, 0.3) is 22.1 Å². The number of fused-ring (bicyclic) bond motifs is 2. The average molecular weight is 292 g/mol. The first-order chi connectivity index (χ1) is 10.8. The zero-order chi connectivity index (χ0) is 14.9. The second-order valence-corrected chi connectivity index (χ2v) is 5.21. The molecule has 0 bridgehead atoms. The summed E-state index contributed by atoms with van der Waals surface area (Å²) in [7, 11) is 0. The van der Waals surface area contributed by atoms with Crippen LogP contribution in [0.5, 0.6) is 0 Å². The maximum atomic E-state index is 5.66. The second-order valence-electron chi connectivity index (χ2n) is 5.21. The van der Waals surface area contributed by atoms with E-state index < -0.39 is 0 Å². The van der Waals surface area contributed by atoms with E-state index in [1.165, 1.54) is 0 Å². The number of rotatable bonds is 4. The van der Waals surface area contributed by atoms with E-state index in [4.69, 9.17) is 4.42 Å². The van der Waals surface area contributed by atoms with E-state index in [0.717, 1.165) is 41.0 Å². The Morgan fingerprint density at radius 2 is 1.77 bits per heavy atom. The van der Waals surface area contributed by atoms with E-state index >= 15 is 0 Å². The number of hydrogen-bond donors (Lipinski definition) is 1. The summed E-state index contributed by atoms with van der Waals surface area (Å²) >= 11 is 0. The minimum absolute atomic E-state index is 0.559. The van der Waals surface area contributed by atoms with Gasteiger partial charge in [0.2, 0.25) is 0 Å². The number of benzene rings is 2. The molecule has 0 aliphatic heterocycles. The summed E-state index contributed by atoms with van der Waals surface area (Å²) in [4.78, 5) is 8.98. The van der Waals surface area contributed by atoms with Crippen LogP contribution in [0.4, 0.5) is 6.01 Å². The quantitative estimate of drug-likeness (QED) is 0.624. The highest BCUT2D eigenvalue weighted by atomic mass is 16.4. The summed E-state index contributed by atoms with van der Waals surface area (Å²) in [6.07, 6.45) is 0. The van der Waals surface area contributed by atoms with Crippen molar-refractivity contribution in [3.8, 4) is 0 Å². The van der Waals surface area contributed by atoms with Gasteiger partial charge in [-0.2, -0.15) is 4.98 Å². The van der Waals surface area contributed by atoms with Gasteiger partial charge >= 0.3 is 0 Å². The molecule has 0 amide bonds. The highest BCUT2D eigenvalue weighted by Crippen LogP contribution is 2.18. The van der Waals surface area contributed by atoms with Crippen molar-refractivity contribution in [3.05, 3.63) is 54.4 Å². The number of nitrogens with zero attached hydrogens (tertiary/aromatic N) is 3. The second kappa shape index (κ2) is 5.18. The molecular formula is C17H16N4O. The number of hydrogen-bond acceptors (Lipinski definition) is 4. The normalized spacial score (nSPS) is 11.3. The molecule has 0 aliphatic rings. The Morgan fingerprint density at radius 1 is 1.00 bits per heavy atom. The van der Waals surface area contributed by atoms with Crippen LogP contribution >= 0.6 is 0 Å². The smallest absolute Gasteiger partial charge is 0.295 e. The predicted octanol–water partition coefficient (Wildman–Crippen LogP) is 3.60. The molecule has 0 spiro atoms. The van der Waals surface area contributed by atoms with Crippen LogP contribution in [0.1, 0.15) is 5.82 Å². The molecule has 5 nitrogen and oxygen atoms in total. The Balaban J connectivity index is 1.51. The Labute approximate surface area is 127 Å². The highest BCUT2D eigenvalue weighted by molar-refractivity contribution is 5.76. The van der Waals surface area contributed by atoms with Crippen LogP contribution in [-0.4, -0.2) is 21.1 Å². The highest BCUT2D eigenvalue weighted by Gasteiger charge is 2.07. The molecule has 0 fully saturated rings. The Morgan fingerprint density at radius 3 is 2.64 bits per heavy atom. The first-order valence-corrected chi connectivity index (χ1v) is 7.32. The van der Waals surface area contributed by atoms with Gasteiger partial charge in [-0.15, -0.1) is 0 Å². The fraction of sp³-hybridized carbons (Fsp3) is 0.176. The Bertz CT molecular complexity index is 905. The standard InChI is InChI=1S/C17H16N4O/c1-12-19-13-6-2-4-8-15(13)21(12)11-10-18-17-20-14-7-3-5-9-16(14)22-17/h2-9H,10-11H2,1H3,(H,18,20). The maximum absolute atomic E-state index is 5.66. The van der Waals surface area contributed by atoms with E-state index in [1.54, 1.807) is 0 Å². The Kier molecular flexibility index (Phi) is 3.04. The molecule has 0 saturated heterocycles. The number of imidazole rings is 1. The lowest BCUT2D eigenvalue weighted by Gasteiger charge is -2.06. The van der Waals surface area contributed by atoms with Gasteiger partial charge in [0.05, 0.1) is 11.0 Å². The third-order valence-electron chi connectivity index (χ3n) is 3.75. The van der Waals surface area contributed by atoms with Crippen molar-refractivity contribution < 1.29 is 4.42 Å². The molecule has 2 heterocycles. The first kappa shape index (κ1) is 12.9. The van der Waals surface area contributed by atoms with Gasteiger partial charge in [0.1, 0.15) is 11.3 Å². The largest absolute Gasteiger partial charge is 0.424 e. The van der Waals surface area contributed by atoms with Crippen LogP contribution in [0.2, 0.25) is 0 Å². The number of oxazole rings is 1. The number of aryl methyl sites for hydroxylation is 1. The summed E-state index contributed by atoms with van der Waals surface area (Å²) in [6.45, 7) is 3.57. The summed E-state index contributed by atoms with van der Waals surface area (Å²) in [6, 6.07) is 16.5. The molecule has 110 valence electrons. The third-order valence-corrected chi connectivity index (χ3v) is 3.75. The number of anilines is 1. The zero-order valence-corrected chi connectivity index (χ0v) is 12.3. The average Bonchev–Trinajstić information content (AvgIpc) is 3.08. The van der Waals surface area contributed by atoms with Crippen molar-refractivity contribution in [2.45, 2.75) is 13.5 Å². The third kappa shape index (κ3) is 2.20. The molecule has 0 saturated carbocycles. The van der Waals surface area contributed by atoms with Crippen molar-refractivity contribution in [2.75, 3.05) is 11.9 Å². The van der Waals surface area contributed by atoms with Crippen molar-refractivity contribution in [2.24, 2.45) is 0 Å². The van der Waals surface area contributed by atoms with Gasteiger partial charge in [0.15, 0.2) is 5.58 Å². The van der Waals surface area contributed by atoms with Crippen molar-refractivity contribution >= 4 is 28.1 Å². The minimum atomic E-state index is 0.559. The summed E-state index contributed by atoms with van der Waals surface area (Å²) in [5, 5.41) is 3.24. The van der Waals surface area contributed by atoms with Crippen LogP contribution in [-0.2, 0) is 6.54 Å². The van der Waals surface area contributed by atoms with Crippen molar-refractivity contribution in [1.29, 1.82) is 0 Å². The molecule has 0 radical (unpaired) electrons. The van der Waals surface area contributed by atoms with Gasteiger partial charge in [-0.05, 0) is 31.2 Å². The van der Waals surface area contributed by atoms with Gasteiger partial charge in [-0.3, -0.25) is 0 Å². The topological polar surface area (TPSA) is 55.9 Å². The van der Waals surface area contributed by atoms with Crippen LogP contribution in [0, 0.1) is 6.92 Å². The first-order valence-electron chi connectivity index (χ1n) is 7.32.